The van der Waals surface area contributed by atoms with Gasteiger partial charge in [0.15, 0.2) is 0 Å². The predicted molar refractivity (Wildman–Crippen MR) is 156 cm³/mol. The van der Waals surface area contributed by atoms with Gasteiger partial charge in [0, 0.05) is 30.5 Å². The van der Waals surface area contributed by atoms with Gasteiger partial charge in [0.05, 0.1) is 23.4 Å². The number of hydrogen-bond acceptors (Lipinski definition) is 5. The topological polar surface area (TPSA) is 76.2 Å². The number of aromatic nitrogens is 2. The highest BCUT2D eigenvalue weighted by atomic mass is 16.3. The highest BCUT2D eigenvalue weighted by molar-refractivity contribution is 5.81. The van der Waals surface area contributed by atoms with E-state index in [1.54, 1.807) is 24.7 Å². The van der Waals surface area contributed by atoms with Crippen LogP contribution in [0.2, 0.25) is 0 Å². The van der Waals surface area contributed by atoms with Gasteiger partial charge in [-0.15, -0.1) is 0 Å². The molecule has 2 heterocycles. The number of aromatic hydroxyl groups is 1. The smallest absolute Gasteiger partial charge is 0.116 e. The van der Waals surface area contributed by atoms with Crippen molar-refractivity contribution in [1.82, 2.24) is 25.5 Å². The molecule has 192 valence electrons. The molecule has 3 aromatic carbocycles. The fourth-order valence-corrected chi connectivity index (χ4v) is 4.27. The lowest BCUT2D eigenvalue weighted by Gasteiger charge is -2.19. The Hall–Kier alpha value is -4.29. The Kier molecular flexibility index (Phi) is 9.30. The van der Waals surface area contributed by atoms with E-state index in [0.29, 0.717) is 5.75 Å². The zero-order valence-corrected chi connectivity index (χ0v) is 22.2. The number of likely N-dealkylation sites (N-methyl/N-ethyl adjacent to an activating group) is 1. The van der Waals surface area contributed by atoms with Gasteiger partial charge < -0.3 is 25.6 Å². The third-order valence-electron chi connectivity index (χ3n) is 6.19. The minimum absolute atomic E-state index is 0.0390. The number of hydrogen-bond donors (Lipinski definition) is 4. The molecule has 37 heavy (non-hydrogen) atoms. The largest absolute Gasteiger partial charge is 0.508 e. The molecule has 0 saturated heterocycles. The van der Waals surface area contributed by atoms with Crippen molar-refractivity contribution in [1.29, 1.82) is 0 Å². The molecule has 1 aliphatic rings. The maximum absolute atomic E-state index is 9.24. The number of fused-ring (bicyclic) bond motifs is 2. The number of H-pyrrole nitrogens is 1. The zero-order chi connectivity index (χ0) is 26.9. The summed E-state index contributed by atoms with van der Waals surface area (Å²) in [5.41, 5.74) is 9.67. The molecule has 0 saturated carbocycles. The van der Waals surface area contributed by atoms with Crippen LogP contribution in [0.3, 0.4) is 0 Å². The number of rotatable bonds is 6. The Bertz CT molecular complexity index is 1370. The average molecular weight is 496 g/mol. The first-order valence-corrected chi connectivity index (χ1v) is 12.4. The molecule has 0 aliphatic carbocycles. The SMILES string of the molecule is C=C1c2cc(O)ccc2CN1C.C=CNC(=C)C(NC)c1ccc(-c2ccc3nc[nH]c3c2)cc1.CC. The van der Waals surface area contributed by atoms with Gasteiger partial charge in [-0.05, 0) is 59.8 Å². The van der Waals surface area contributed by atoms with Crippen LogP contribution < -0.4 is 10.6 Å². The van der Waals surface area contributed by atoms with Crippen LogP contribution >= 0.6 is 0 Å². The van der Waals surface area contributed by atoms with Crippen molar-refractivity contribution in [2.24, 2.45) is 0 Å². The molecule has 0 bridgehead atoms. The van der Waals surface area contributed by atoms with Gasteiger partial charge in [-0.25, -0.2) is 4.98 Å². The maximum atomic E-state index is 9.24. The summed E-state index contributed by atoms with van der Waals surface area (Å²) in [6, 6.07) is 20.2. The lowest BCUT2D eigenvalue weighted by Crippen LogP contribution is -2.23. The van der Waals surface area contributed by atoms with Crippen molar-refractivity contribution in [3.05, 3.63) is 115 Å². The Labute approximate surface area is 220 Å². The summed E-state index contributed by atoms with van der Waals surface area (Å²) >= 11 is 0. The van der Waals surface area contributed by atoms with E-state index >= 15 is 0 Å². The van der Waals surface area contributed by atoms with E-state index in [9.17, 15) is 5.11 Å². The van der Waals surface area contributed by atoms with Crippen molar-refractivity contribution in [3.63, 3.8) is 0 Å². The van der Waals surface area contributed by atoms with Gasteiger partial charge >= 0.3 is 0 Å². The second-order valence-electron chi connectivity index (χ2n) is 8.50. The molecular weight excluding hydrogens is 458 g/mol. The summed E-state index contributed by atoms with van der Waals surface area (Å²) in [4.78, 5) is 9.47. The van der Waals surface area contributed by atoms with E-state index < -0.39 is 0 Å². The van der Waals surface area contributed by atoms with Gasteiger partial charge in [0.1, 0.15) is 5.75 Å². The first kappa shape index (κ1) is 27.3. The number of imidazole rings is 1. The maximum Gasteiger partial charge on any atom is 0.116 e. The van der Waals surface area contributed by atoms with Crippen LogP contribution in [0.5, 0.6) is 5.75 Å². The van der Waals surface area contributed by atoms with Crippen molar-refractivity contribution in [2.75, 3.05) is 14.1 Å². The molecule has 5 rings (SSSR count). The summed E-state index contributed by atoms with van der Waals surface area (Å²) in [5.74, 6) is 0.310. The quantitative estimate of drug-likeness (QED) is 0.243. The van der Waals surface area contributed by atoms with E-state index in [4.69, 9.17) is 0 Å². The number of nitrogens with one attached hydrogen (secondary N) is 3. The van der Waals surface area contributed by atoms with E-state index in [-0.39, 0.29) is 6.04 Å². The molecule has 1 aromatic heterocycles. The minimum Gasteiger partial charge on any atom is -0.508 e. The van der Waals surface area contributed by atoms with E-state index in [2.05, 4.69) is 81.6 Å². The molecule has 0 radical (unpaired) electrons. The van der Waals surface area contributed by atoms with Crippen molar-refractivity contribution in [2.45, 2.75) is 26.4 Å². The predicted octanol–water partition coefficient (Wildman–Crippen LogP) is 6.57. The fourth-order valence-electron chi connectivity index (χ4n) is 4.27. The summed E-state index contributed by atoms with van der Waals surface area (Å²) < 4.78 is 0. The van der Waals surface area contributed by atoms with Gasteiger partial charge in [0.25, 0.3) is 0 Å². The minimum atomic E-state index is 0.0390. The second kappa shape index (κ2) is 12.6. The number of phenols is 1. The lowest BCUT2D eigenvalue weighted by molar-refractivity contribution is 0.475. The van der Waals surface area contributed by atoms with Crippen molar-refractivity contribution in [3.8, 4) is 16.9 Å². The standard InChI is InChI=1S/C19H20N4.C10H11NO.C2H6/c1-4-21-13(2)19(20-3)15-7-5-14(6-8-15)16-9-10-17-18(11-16)23-12-22-17;1-7-10-5-9(12)4-3-8(10)6-11(7)2;1-2/h4-12,19-21H,1-2H2,3H3,(H,22,23);3-5,12H,1,6H2,2H3;1-2H3. The molecule has 1 unspecified atom stereocenters. The summed E-state index contributed by atoms with van der Waals surface area (Å²) in [5, 5.41) is 15.6. The van der Waals surface area contributed by atoms with Crippen molar-refractivity contribution >= 4 is 16.7 Å². The van der Waals surface area contributed by atoms with Crippen LogP contribution in [-0.4, -0.2) is 34.1 Å². The number of aromatic amines is 1. The number of phenolic OH excluding ortho intramolecular Hbond substituents is 1. The van der Waals surface area contributed by atoms with Crippen LogP contribution in [0.15, 0.2) is 98.6 Å². The Morgan fingerprint density at radius 1 is 1.08 bits per heavy atom. The molecular formula is C31H37N5O. The van der Waals surface area contributed by atoms with Crippen LogP contribution in [-0.2, 0) is 6.54 Å². The Morgan fingerprint density at radius 2 is 1.78 bits per heavy atom. The highest BCUT2D eigenvalue weighted by Crippen LogP contribution is 2.32. The summed E-state index contributed by atoms with van der Waals surface area (Å²) in [6.07, 6.45) is 3.36. The van der Waals surface area contributed by atoms with E-state index in [1.807, 2.05) is 40.1 Å². The fraction of sp³-hybridized carbons (Fsp3) is 0.194. The summed E-state index contributed by atoms with van der Waals surface area (Å²) in [7, 11) is 3.92. The van der Waals surface area contributed by atoms with Gasteiger partial charge in [-0.3, -0.25) is 0 Å². The normalized spacial score (nSPS) is 12.5. The average Bonchev–Trinajstić information content (AvgIpc) is 3.50. The van der Waals surface area contributed by atoms with Gasteiger partial charge in [-0.2, -0.15) is 0 Å². The van der Waals surface area contributed by atoms with E-state index in [0.717, 1.165) is 45.7 Å². The van der Waals surface area contributed by atoms with Crippen LogP contribution in [0, 0.1) is 0 Å². The Morgan fingerprint density at radius 3 is 2.46 bits per heavy atom. The van der Waals surface area contributed by atoms with Gasteiger partial charge in [-0.1, -0.05) is 70.0 Å². The summed E-state index contributed by atoms with van der Waals surface area (Å²) in [6.45, 7) is 16.6. The molecule has 0 amide bonds. The van der Waals surface area contributed by atoms with E-state index in [1.165, 1.54) is 11.1 Å². The Balaban J connectivity index is 0.000000228. The monoisotopic (exact) mass is 495 g/mol. The van der Waals surface area contributed by atoms with Crippen LogP contribution in [0.25, 0.3) is 27.9 Å². The molecule has 1 aliphatic heterocycles. The first-order valence-electron chi connectivity index (χ1n) is 12.4. The molecule has 4 aromatic rings. The third kappa shape index (κ3) is 6.29. The van der Waals surface area contributed by atoms with Crippen LogP contribution in [0.4, 0.5) is 0 Å². The zero-order valence-electron chi connectivity index (χ0n) is 22.2. The number of nitrogens with zero attached hydrogens (tertiary/aromatic N) is 2. The first-order chi connectivity index (χ1) is 17.9. The molecule has 6 heteroatoms. The molecule has 1 atom stereocenters. The molecule has 0 fully saturated rings. The molecule has 0 spiro atoms. The van der Waals surface area contributed by atoms with Crippen molar-refractivity contribution < 1.29 is 5.11 Å². The third-order valence-corrected chi connectivity index (χ3v) is 6.19. The second-order valence-corrected chi connectivity index (χ2v) is 8.50. The van der Waals surface area contributed by atoms with Crippen LogP contribution in [0.1, 0.15) is 36.6 Å². The molecule has 6 nitrogen and oxygen atoms in total. The lowest BCUT2D eigenvalue weighted by atomic mass is 9.99. The molecule has 4 N–H and O–H groups in total. The van der Waals surface area contributed by atoms with Gasteiger partial charge in [0.2, 0.25) is 0 Å². The number of benzene rings is 3. The highest BCUT2D eigenvalue weighted by Gasteiger charge is 2.18.